The highest BCUT2D eigenvalue weighted by Crippen LogP contribution is 2.16. The molecule has 0 aromatic heterocycles. The van der Waals surface area contributed by atoms with Crippen molar-refractivity contribution in [3.63, 3.8) is 0 Å². The summed E-state index contributed by atoms with van der Waals surface area (Å²) in [4.78, 5) is 4.57. The van der Waals surface area contributed by atoms with Crippen molar-refractivity contribution in [1.29, 1.82) is 0 Å². The van der Waals surface area contributed by atoms with Crippen LogP contribution in [0.2, 0.25) is 0 Å². The molecule has 6 nitrogen and oxygen atoms in total. The number of hydrogen-bond donors (Lipinski definition) is 2. The molecule has 27 heavy (non-hydrogen) atoms. The molecule has 0 aliphatic heterocycles. The van der Waals surface area contributed by atoms with Crippen LogP contribution in [0.3, 0.4) is 0 Å². The molecule has 0 bridgehead atoms. The van der Waals surface area contributed by atoms with Crippen LogP contribution in [0.5, 0.6) is 5.75 Å². The van der Waals surface area contributed by atoms with Gasteiger partial charge in [-0.25, -0.2) is 8.42 Å². The third-order valence-corrected chi connectivity index (χ3v) is 5.20. The predicted molar refractivity (Wildman–Crippen MR) is 120 cm³/mol. The molecule has 0 saturated heterocycles. The number of ether oxygens (including phenoxy) is 1. The number of rotatable bonds is 6. The lowest BCUT2D eigenvalue weighted by Gasteiger charge is -2.13. The standard InChI is InChI=1S/C19H25N3O3S.HI/c1-14-11-16(7-10-18(14)26(4,23)24)13-22-19(20-2)21-12-15-5-8-17(25-3)9-6-15;/h5-11H,12-13H2,1-4H3,(H2,20,21,22);1H. The molecule has 0 spiro atoms. The zero-order chi connectivity index (χ0) is 19.2. The Morgan fingerprint density at radius 2 is 1.59 bits per heavy atom. The van der Waals surface area contributed by atoms with Crippen LogP contribution in [0.4, 0.5) is 0 Å². The summed E-state index contributed by atoms with van der Waals surface area (Å²) in [5, 5.41) is 6.47. The minimum Gasteiger partial charge on any atom is -0.497 e. The van der Waals surface area contributed by atoms with E-state index in [9.17, 15) is 8.42 Å². The predicted octanol–water partition coefficient (Wildman–Crippen LogP) is 2.89. The van der Waals surface area contributed by atoms with E-state index in [4.69, 9.17) is 4.74 Å². The monoisotopic (exact) mass is 503 g/mol. The summed E-state index contributed by atoms with van der Waals surface area (Å²) in [6, 6.07) is 13.2. The van der Waals surface area contributed by atoms with Gasteiger partial charge in [0.15, 0.2) is 15.8 Å². The van der Waals surface area contributed by atoms with Gasteiger partial charge in [-0.2, -0.15) is 0 Å². The largest absolute Gasteiger partial charge is 0.497 e. The molecule has 0 amide bonds. The third-order valence-electron chi connectivity index (χ3n) is 3.94. The Morgan fingerprint density at radius 3 is 2.07 bits per heavy atom. The molecule has 0 saturated carbocycles. The Hall–Kier alpha value is -1.81. The Morgan fingerprint density at radius 1 is 1.04 bits per heavy atom. The van der Waals surface area contributed by atoms with E-state index in [0.717, 1.165) is 22.4 Å². The molecule has 8 heteroatoms. The maximum atomic E-state index is 11.7. The lowest BCUT2D eigenvalue weighted by Crippen LogP contribution is -2.36. The molecular weight excluding hydrogens is 477 g/mol. The van der Waals surface area contributed by atoms with E-state index in [2.05, 4.69) is 15.6 Å². The summed E-state index contributed by atoms with van der Waals surface area (Å²) in [6.45, 7) is 2.99. The van der Waals surface area contributed by atoms with Crippen LogP contribution in [0.25, 0.3) is 0 Å². The van der Waals surface area contributed by atoms with Gasteiger partial charge in [-0.15, -0.1) is 24.0 Å². The molecule has 0 aliphatic carbocycles. The van der Waals surface area contributed by atoms with E-state index in [0.29, 0.717) is 23.9 Å². The number of halogens is 1. The first-order valence-electron chi connectivity index (χ1n) is 8.20. The van der Waals surface area contributed by atoms with E-state index >= 15 is 0 Å². The topological polar surface area (TPSA) is 79.8 Å². The second kappa shape index (κ2) is 10.5. The number of aryl methyl sites for hydroxylation is 1. The van der Waals surface area contributed by atoms with E-state index in [1.54, 1.807) is 27.1 Å². The van der Waals surface area contributed by atoms with Crippen molar-refractivity contribution >= 4 is 39.8 Å². The highest BCUT2D eigenvalue weighted by atomic mass is 127. The van der Waals surface area contributed by atoms with Gasteiger partial charge in [0.1, 0.15) is 5.75 Å². The van der Waals surface area contributed by atoms with Gasteiger partial charge in [-0.3, -0.25) is 4.99 Å². The summed E-state index contributed by atoms with van der Waals surface area (Å²) < 4.78 is 28.5. The molecule has 0 aliphatic rings. The molecule has 148 valence electrons. The first kappa shape index (κ1) is 23.2. The summed E-state index contributed by atoms with van der Waals surface area (Å²) in [7, 11) is 0.156. The average molecular weight is 503 g/mol. The number of hydrogen-bond acceptors (Lipinski definition) is 4. The van der Waals surface area contributed by atoms with Crippen LogP contribution < -0.4 is 15.4 Å². The summed E-state index contributed by atoms with van der Waals surface area (Å²) in [5.74, 6) is 1.50. The quantitative estimate of drug-likeness (QED) is 0.360. The van der Waals surface area contributed by atoms with E-state index < -0.39 is 9.84 Å². The van der Waals surface area contributed by atoms with Crippen molar-refractivity contribution in [1.82, 2.24) is 10.6 Å². The van der Waals surface area contributed by atoms with Crippen LogP contribution in [0, 0.1) is 6.92 Å². The number of nitrogens with one attached hydrogen (secondary N) is 2. The fraction of sp³-hybridized carbons (Fsp3) is 0.316. The molecule has 0 atom stereocenters. The number of nitrogens with zero attached hydrogens (tertiary/aromatic N) is 1. The maximum absolute atomic E-state index is 11.7. The molecule has 0 heterocycles. The minimum absolute atomic E-state index is 0. The second-order valence-corrected chi connectivity index (χ2v) is 7.98. The van der Waals surface area contributed by atoms with Crippen molar-refractivity contribution in [2.75, 3.05) is 20.4 Å². The minimum atomic E-state index is -3.20. The van der Waals surface area contributed by atoms with Gasteiger partial charge < -0.3 is 15.4 Å². The first-order valence-corrected chi connectivity index (χ1v) is 10.1. The van der Waals surface area contributed by atoms with Gasteiger partial charge in [-0.05, 0) is 41.8 Å². The van der Waals surface area contributed by atoms with Crippen molar-refractivity contribution in [3.8, 4) is 5.75 Å². The second-order valence-electron chi connectivity index (χ2n) is 6.00. The number of benzene rings is 2. The van der Waals surface area contributed by atoms with Gasteiger partial charge in [0.05, 0.1) is 12.0 Å². The number of methoxy groups -OCH3 is 1. The van der Waals surface area contributed by atoms with Gasteiger partial charge in [-0.1, -0.05) is 24.3 Å². The van der Waals surface area contributed by atoms with E-state index in [-0.39, 0.29) is 24.0 Å². The van der Waals surface area contributed by atoms with Crippen LogP contribution in [-0.4, -0.2) is 34.8 Å². The average Bonchev–Trinajstić information content (AvgIpc) is 2.61. The third kappa shape index (κ3) is 7.02. The van der Waals surface area contributed by atoms with Crippen LogP contribution in [-0.2, 0) is 22.9 Å². The lowest BCUT2D eigenvalue weighted by atomic mass is 10.1. The highest BCUT2D eigenvalue weighted by molar-refractivity contribution is 14.0. The van der Waals surface area contributed by atoms with Crippen molar-refractivity contribution in [3.05, 3.63) is 59.2 Å². The normalized spacial score (nSPS) is 11.5. The Kier molecular flexibility index (Phi) is 9.04. The van der Waals surface area contributed by atoms with Crippen LogP contribution in [0.15, 0.2) is 52.4 Å². The summed E-state index contributed by atoms with van der Waals surface area (Å²) in [6.07, 6.45) is 1.22. The van der Waals surface area contributed by atoms with E-state index in [1.807, 2.05) is 36.4 Å². The molecule has 2 aromatic rings. The van der Waals surface area contributed by atoms with Crippen LogP contribution >= 0.6 is 24.0 Å². The van der Waals surface area contributed by atoms with E-state index in [1.165, 1.54) is 6.26 Å². The molecule has 0 radical (unpaired) electrons. The van der Waals surface area contributed by atoms with Gasteiger partial charge in [0.2, 0.25) is 0 Å². The fourth-order valence-corrected chi connectivity index (χ4v) is 3.53. The lowest BCUT2D eigenvalue weighted by molar-refractivity contribution is 0.414. The van der Waals surface area contributed by atoms with Gasteiger partial charge >= 0.3 is 0 Å². The Labute approximate surface area is 178 Å². The highest BCUT2D eigenvalue weighted by Gasteiger charge is 2.11. The maximum Gasteiger partial charge on any atom is 0.191 e. The summed E-state index contributed by atoms with van der Waals surface area (Å²) in [5.41, 5.74) is 2.84. The van der Waals surface area contributed by atoms with Gasteiger partial charge in [0, 0.05) is 26.4 Å². The molecule has 2 rings (SSSR count). The zero-order valence-corrected chi connectivity index (χ0v) is 19.1. The summed E-state index contributed by atoms with van der Waals surface area (Å²) >= 11 is 0. The number of sulfone groups is 1. The number of aliphatic imine (C=N–C) groups is 1. The SMILES string of the molecule is CN=C(NCc1ccc(OC)cc1)NCc1ccc(S(C)(=O)=O)c(C)c1.I. The molecular formula is C19H26IN3O3S. The molecule has 2 aromatic carbocycles. The Balaban J connectivity index is 0.00000364. The first-order chi connectivity index (χ1) is 12.3. The van der Waals surface area contributed by atoms with Crippen LogP contribution in [0.1, 0.15) is 16.7 Å². The smallest absolute Gasteiger partial charge is 0.191 e. The Bertz CT molecular complexity index is 882. The molecule has 0 unspecified atom stereocenters. The fourth-order valence-electron chi connectivity index (χ4n) is 2.57. The van der Waals surface area contributed by atoms with Gasteiger partial charge in [0.25, 0.3) is 0 Å². The van der Waals surface area contributed by atoms with Crippen molar-refractivity contribution < 1.29 is 13.2 Å². The molecule has 0 fully saturated rings. The van der Waals surface area contributed by atoms with Crippen molar-refractivity contribution in [2.45, 2.75) is 24.9 Å². The molecule has 2 N–H and O–H groups in total. The number of guanidine groups is 1. The van der Waals surface area contributed by atoms with Crippen molar-refractivity contribution in [2.24, 2.45) is 4.99 Å². The zero-order valence-electron chi connectivity index (χ0n) is 15.9.